The van der Waals surface area contributed by atoms with Crippen molar-refractivity contribution in [2.75, 3.05) is 31.1 Å². The van der Waals surface area contributed by atoms with Gasteiger partial charge in [0, 0.05) is 24.8 Å². The second-order valence-corrected chi connectivity index (χ2v) is 5.46. The molecule has 0 saturated carbocycles. The lowest BCUT2D eigenvalue weighted by Gasteiger charge is -2.33. The van der Waals surface area contributed by atoms with Gasteiger partial charge in [-0.1, -0.05) is 24.3 Å². The summed E-state index contributed by atoms with van der Waals surface area (Å²) in [6.07, 6.45) is -1.34. The van der Waals surface area contributed by atoms with Gasteiger partial charge in [0.25, 0.3) is 0 Å². The fourth-order valence-electron chi connectivity index (χ4n) is 2.59. The van der Waals surface area contributed by atoms with Crippen molar-refractivity contribution < 1.29 is 13.2 Å². The zero-order valence-electron chi connectivity index (χ0n) is 12.9. The first-order valence-corrected chi connectivity index (χ1v) is 7.65. The molecule has 3 rings (SSSR count). The van der Waals surface area contributed by atoms with Gasteiger partial charge in [-0.3, -0.25) is 5.01 Å². The highest BCUT2D eigenvalue weighted by atomic mass is 19.4. The first-order valence-electron chi connectivity index (χ1n) is 7.65. The van der Waals surface area contributed by atoms with Crippen LogP contribution in [0.25, 0.3) is 0 Å². The summed E-state index contributed by atoms with van der Waals surface area (Å²) in [6, 6.07) is 11.2. The number of halogens is 3. The van der Waals surface area contributed by atoms with Crippen LogP contribution in [0.5, 0.6) is 0 Å². The maximum atomic E-state index is 13.0. The predicted molar refractivity (Wildman–Crippen MR) is 87.1 cm³/mol. The van der Waals surface area contributed by atoms with E-state index in [9.17, 15) is 13.2 Å². The van der Waals surface area contributed by atoms with Crippen LogP contribution >= 0.6 is 0 Å². The smallest absolute Gasteiger partial charge is 0.353 e. The molecule has 0 radical (unpaired) electrons. The van der Waals surface area contributed by atoms with Gasteiger partial charge in [-0.2, -0.15) is 18.3 Å². The summed E-state index contributed by atoms with van der Waals surface area (Å²) in [7, 11) is 0. The van der Waals surface area contributed by atoms with E-state index in [2.05, 4.69) is 15.0 Å². The Morgan fingerprint density at radius 1 is 0.958 bits per heavy atom. The monoisotopic (exact) mass is 334 g/mol. The molecule has 7 heteroatoms. The highest BCUT2D eigenvalue weighted by molar-refractivity contribution is 5.81. The van der Waals surface area contributed by atoms with E-state index >= 15 is 0 Å². The van der Waals surface area contributed by atoms with E-state index in [4.69, 9.17) is 0 Å². The van der Waals surface area contributed by atoms with Crippen LogP contribution in [0.3, 0.4) is 0 Å². The molecule has 1 aromatic carbocycles. The highest BCUT2D eigenvalue weighted by Gasteiger charge is 2.32. The Balaban J connectivity index is 1.64. The van der Waals surface area contributed by atoms with Gasteiger partial charge in [-0.05, 0) is 18.2 Å². The number of hydrogen-bond acceptors (Lipinski definition) is 4. The van der Waals surface area contributed by atoms with Crippen molar-refractivity contribution in [1.29, 1.82) is 0 Å². The molecule has 1 saturated heterocycles. The van der Waals surface area contributed by atoms with Crippen LogP contribution in [-0.4, -0.2) is 42.4 Å². The van der Waals surface area contributed by atoms with Crippen molar-refractivity contribution in [3.8, 4) is 0 Å². The number of anilines is 1. The quantitative estimate of drug-likeness (QED) is 0.808. The van der Waals surface area contributed by atoms with Crippen LogP contribution in [0.1, 0.15) is 11.1 Å². The average molecular weight is 334 g/mol. The van der Waals surface area contributed by atoms with Crippen molar-refractivity contribution in [1.82, 2.24) is 9.99 Å². The standard InChI is InChI=1S/C17H17F3N4/c18-17(19,20)15-6-2-1-5-14(15)13-22-24-11-9-23(10-12-24)16-7-3-4-8-21-16/h1-8,13H,9-12H2/b22-13+. The average Bonchev–Trinajstić information content (AvgIpc) is 2.61. The maximum Gasteiger partial charge on any atom is 0.417 e. The van der Waals surface area contributed by atoms with Crippen LogP contribution < -0.4 is 4.90 Å². The molecule has 24 heavy (non-hydrogen) atoms. The van der Waals surface area contributed by atoms with Crippen LogP contribution in [0.4, 0.5) is 19.0 Å². The largest absolute Gasteiger partial charge is 0.417 e. The summed E-state index contributed by atoms with van der Waals surface area (Å²) in [6.45, 7) is 2.74. The van der Waals surface area contributed by atoms with Gasteiger partial charge in [0.2, 0.25) is 0 Å². The Hall–Kier alpha value is -2.57. The normalized spacial score (nSPS) is 16.0. The van der Waals surface area contributed by atoms with E-state index in [-0.39, 0.29) is 5.56 Å². The summed E-state index contributed by atoms with van der Waals surface area (Å²) in [4.78, 5) is 6.44. The van der Waals surface area contributed by atoms with E-state index in [1.165, 1.54) is 18.3 Å². The molecule has 1 fully saturated rings. The molecule has 0 unspecified atom stereocenters. The third-order valence-corrected chi connectivity index (χ3v) is 3.86. The molecule has 1 aliphatic heterocycles. The number of pyridine rings is 1. The topological polar surface area (TPSA) is 31.7 Å². The molecule has 0 aliphatic carbocycles. The Bertz CT molecular complexity index is 692. The first kappa shape index (κ1) is 16.3. The second kappa shape index (κ2) is 6.90. The molecule has 4 nitrogen and oxygen atoms in total. The molecule has 2 heterocycles. The van der Waals surface area contributed by atoms with Crippen molar-refractivity contribution in [2.24, 2.45) is 5.10 Å². The Labute approximate surface area is 138 Å². The molecule has 0 amide bonds. The SMILES string of the molecule is FC(F)(F)c1ccccc1/C=N/N1CCN(c2ccccn2)CC1. The minimum atomic E-state index is -4.37. The number of nitrogens with zero attached hydrogens (tertiary/aromatic N) is 4. The van der Waals surface area contributed by atoms with E-state index in [0.717, 1.165) is 25.0 Å². The van der Waals surface area contributed by atoms with Gasteiger partial charge >= 0.3 is 6.18 Å². The number of rotatable bonds is 3. The maximum absolute atomic E-state index is 13.0. The van der Waals surface area contributed by atoms with E-state index < -0.39 is 11.7 Å². The van der Waals surface area contributed by atoms with E-state index in [0.29, 0.717) is 13.1 Å². The Morgan fingerprint density at radius 3 is 2.33 bits per heavy atom. The number of hydrogen-bond donors (Lipinski definition) is 0. The van der Waals surface area contributed by atoms with Crippen molar-refractivity contribution in [3.63, 3.8) is 0 Å². The molecule has 0 bridgehead atoms. The minimum absolute atomic E-state index is 0.0807. The van der Waals surface area contributed by atoms with Crippen LogP contribution in [-0.2, 0) is 6.18 Å². The van der Waals surface area contributed by atoms with Crippen molar-refractivity contribution in [2.45, 2.75) is 6.18 Å². The Kier molecular flexibility index (Phi) is 4.69. The lowest BCUT2D eigenvalue weighted by atomic mass is 10.1. The summed E-state index contributed by atoms with van der Waals surface area (Å²) in [5, 5.41) is 6.00. The fraction of sp³-hybridized carbons (Fsp3) is 0.294. The molecule has 2 aromatic rings. The zero-order valence-corrected chi connectivity index (χ0v) is 12.9. The molecule has 0 N–H and O–H groups in total. The summed E-state index contributed by atoms with van der Waals surface area (Å²) in [5.74, 6) is 0.906. The molecule has 126 valence electrons. The van der Waals surface area contributed by atoms with Crippen LogP contribution in [0.15, 0.2) is 53.8 Å². The van der Waals surface area contributed by atoms with Gasteiger partial charge in [-0.25, -0.2) is 4.98 Å². The zero-order chi connectivity index (χ0) is 17.0. The fourth-order valence-corrected chi connectivity index (χ4v) is 2.59. The molecule has 1 aromatic heterocycles. The molecule has 0 spiro atoms. The van der Waals surface area contributed by atoms with Crippen LogP contribution in [0, 0.1) is 0 Å². The number of alkyl halides is 3. The summed E-state index contributed by atoms with van der Waals surface area (Å²) < 4.78 is 38.9. The first-order chi connectivity index (χ1) is 11.5. The summed E-state index contributed by atoms with van der Waals surface area (Å²) in [5.41, 5.74) is -0.585. The minimum Gasteiger partial charge on any atom is -0.353 e. The molecular weight excluding hydrogens is 317 g/mol. The third-order valence-electron chi connectivity index (χ3n) is 3.86. The van der Waals surface area contributed by atoms with Crippen LogP contribution in [0.2, 0.25) is 0 Å². The number of piperazine rings is 1. The second-order valence-electron chi connectivity index (χ2n) is 5.46. The van der Waals surface area contributed by atoms with Gasteiger partial charge in [0.15, 0.2) is 0 Å². The lowest BCUT2D eigenvalue weighted by Crippen LogP contribution is -2.44. The molecule has 1 aliphatic rings. The van der Waals surface area contributed by atoms with Gasteiger partial charge in [0.05, 0.1) is 24.9 Å². The van der Waals surface area contributed by atoms with E-state index in [1.807, 2.05) is 18.2 Å². The van der Waals surface area contributed by atoms with E-state index in [1.54, 1.807) is 17.3 Å². The van der Waals surface area contributed by atoms with Crippen molar-refractivity contribution >= 4 is 12.0 Å². The number of aromatic nitrogens is 1. The van der Waals surface area contributed by atoms with Gasteiger partial charge < -0.3 is 4.90 Å². The molecular formula is C17H17F3N4. The summed E-state index contributed by atoms with van der Waals surface area (Å²) >= 11 is 0. The van der Waals surface area contributed by atoms with Gasteiger partial charge in [-0.15, -0.1) is 0 Å². The third kappa shape index (κ3) is 3.84. The predicted octanol–water partition coefficient (Wildman–Crippen LogP) is 3.26. The molecule has 0 atom stereocenters. The van der Waals surface area contributed by atoms with Crippen molar-refractivity contribution in [3.05, 3.63) is 59.8 Å². The number of benzene rings is 1. The number of hydrazone groups is 1. The highest BCUT2D eigenvalue weighted by Crippen LogP contribution is 2.31. The lowest BCUT2D eigenvalue weighted by molar-refractivity contribution is -0.137. The van der Waals surface area contributed by atoms with Gasteiger partial charge in [0.1, 0.15) is 5.82 Å². The Morgan fingerprint density at radius 2 is 1.67 bits per heavy atom.